The summed E-state index contributed by atoms with van der Waals surface area (Å²) in [5, 5.41) is 14.1. The Bertz CT molecular complexity index is 1480. The van der Waals surface area contributed by atoms with Gasteiger partial charge in [-0.25, -0.2) is 8.42 Å². The second-order valence-electron chi connectivity index (χ2n) is 9.15. The Morgan fingerprint density at radius 3 is 2.27 bits per heavy atom. The molecule has 40 heavy (non-hydrogen) atoms. The number of anilines is 1. The number of likely N-dealkylation sites (N-methyl/N-ethyl adjacent to an activating group) is 1. The van der Waals surface area contributed by atoms with E-state index in [4.69, 9.17) is 4.74 Å². The normalized spacial score (nSPS) is 11.8. The number of nitrogens with zero attached hydrogens (tertiary/aromatic N) is 3. The zero-order valence-electron chi connectivity index (χ0n) is 22.7. The molecule has 0 heterocycles. The average Bonchev–Trinajstić information content (AvgIpc) is 2.93. The minimum atomic E-state index is -4.13. The highest BCUT2D eigenvalue weighted by Crippen LogP contribution is 2.34. The van der Waals surface area contributed by atoms with E-state index in [-0.39, 0.29) is 30.1 Å². The van der Waals surface area contributed by atoms with Gasteiger partial charge in [-0.15, -0.1) is 0 Å². The monoisotopic (exact) mass is 568 g/mol. The van der Waals surface area contributed by atoms with Crippen LogP contribution in [0.15, 0.2) is 72.8 Å². The number of ether oxygens (including phenoxy) is 1. The molecule has 1 atom stereocenters. The fourth-order valence-corrected chi connectivity index (χ4v) is 5.12. The third-order valence-corrected chi connectivity index (χ3v) is 7.57. The number of sulfonamides is 1. The molecule has 11 nitrogen and oxygen atoms in total. The quantitative estimate of drug-likeness (QED) is 0.262. The van der Waals surface area contributed by atoms with Gasteiger partial charge in [-0.2, -0.15) is 0 Å². The van der Waals surface area contributed by atoms with Crippen LogP contribution in [0.25, 0.3) is 0 Å². The van der Waals surface area contributed by atoms with E-state index in [1.807, 2.05) is 61.5 Å². The molecule has 1 N–H and O–H groups in total. The van der Waals surface area contributed by atoms with E-state index < -0.39 is 39.3 Å². The first-order valence-corrected chi connectivity index (χ1v) is 14.2. The molecule has 0 bridgehead atoms. The molecule has 0 aliphatic heterocycles. The Hall–Kier alpha value is -4.45. The van der Waals surface area contributed by atoms with Crippen LogP contribution in [0, 0.1) is 17.0 Å². The molecule has 0 spiro atoms. The zero-order chi connectivity index (χ0) is 29.4. The van der Waals surface area contributed by atoms with Crippen LogP contribution in [0.1, 0.15) is 16.7 Å². The number of aryl methyl sites for hydroxylation is 1. The molecule has 3 aromatic carbocycles. The molecule has 3 rings (SSSR count). The van der Waals surface area contributed by atoms with Gasteiger partial charge >= 0.3 is 0 Å². The van der Waals surface area contributed by atoms with Crippen molar-refractivity contribution in [3.05, 3.63) is 99.6 Å². The second-order valence-corrected chi connectivity index (χ2v) is 11.1. The van der Waals surface area contributed by atoms with Crippen LogP contribution in [0.2, 0.25) is 0 Å². The highest BCUT2D eigenvalue weighted by Gasteiger charge is 2.34. The summed E-state index contributed by atoms with van der Waals surface area (Å²) in [6.45, 7) is 1.19. The summed E-state index contributed by atoms with van der Waals surface area (Å²) in [4.78, 5) is 39.3. The third-order valence-electron chi connectivity index (χ3n) is 6.44. The first kappa shape index (κ1) is 30.1. The van der Waals surface area contributed by atoms with Crippen LogP contribution in [-0.4, -0.2) is 63.1 Å². The highest BCUT2D eigenvalue weighted by atomic mass is 32.2. The van der Waals surface area contributed by atoms with Crippen LogP contribution in [0.4, 0.5) is 11.4 Å². The molecule has 212 valence electrons. The lowest BCUT2D eigenvalue weighted by Crippen LogP contribution is -2.53. The van der Waals surface area contributed by atoms with E-state index in [9.17, 15) is 28.1 Å². The number of carbonyl (C=O) groups is 2. The van der Waals surface area contributed by atoms with E-state index in [2.05, 4.69) is 5.32 Å². The van der Waals surface area contributed by atoms with Gasteiger partial charge in [0.25, 0.3) is 5.69 Å². The number of amides is 2. The minimum absolute atomic E-state index is 0.0279. The number of rotatable bonds is 12. The van der Waals surface area contributed by atoms with Gasteiger partial charge < -0.3 is 15.0 Å². The summed E-state index contributed by atoms with van der Waals surface area (Å²) >= 11 is 0. The number of benzene rings is 3. The van der Waals surface area contributed by atoms with E-state index in [0.717, 1.165) is 33.3 Å². The van der Waals surface area contributed by atoms with Crippen molar-refractivity contribution in [1.82, 2.24) is 10.2 Å². The number of nitro benzene ring substituents is 1. The van der Waals surface area contributed by atoms with Crippen molar-refractivity contribution in [3.63, 3.8) is 0 Å². The lowest BCUT2D eigenvalue weighted by Gasteiger charge is -2.33. The summed E-state index contributed by atoms with van der Waals surface area (Å²) < 4.78 is 31.9. The molecule has 0 aliphatic carbocycles. The predicted octanol–water partition coefficient (Wildman–Crippen LogP) is 3.06. The molecule has 3 aromatic rings. The Morgan fingerprint density at radius 2 is 1.70 bits per heavy atom. The van der Waals surface area contributed by atoms with Gasteiger partial charge in [-0.1, -0.05) is 54.6 Å². The largest absolute Gasteiger partial charge is 0.495 e. The Balaban J connectivity index is 2.11. The molecule has 0 aliphatic rings. The van der Waals surface area contributed by atoms with Crippen LogP contribution >= 0.6 is 0 Å². The Morgan fingerprint density at radius 1 is 1.05 bits per heavy atom. The molecular formula is C28H32N4O7S. The first-order valence-electron chi connectivity index (χ1n) is 12.4. The van der Waals surface area contributed by atoms with Crippen LogP contribution in [0.3, 0.4) is 0 Å². The standard InChI is InChI=1S/C28H32N4O7S/c1-20-10-8-9-13-22(20)18-30(25(28(34)29-2)16-21-11-6-5-7-12-21)27(33)19-31(40(4,37)38)24-17-23(32(35)36)14-15-26(24)39-3/h5-15,17,25H,16,18-19H2,1-4H3,(H,29,34)/t25-/m0/s1. The van der Waals surface area contributed by atoms with Crippen LogP contribution in [-0.2, 0) is 32.6 Å². The number of nitrogens with one attached hydrogen (secondary N) is 1. The second kappa shape index (κ2) is 13.1. The van der Waals surface area contributed by atoms with Crippen LogP contribution < -0.4 is 14.4 Å². The Labute approximate surface area is 233 Å². The molecule has 0 saturated heterocycles. The summed E-state index contributed by atoms with van der Waals surface area (Å²) in [6.07, 6.45) is 1.07. The topological polar surface area (TPSA) is 139 Å². The molecule has 0 unspecified atom stereocenters. The fourth-order valence-electron chi connectivity index (χ4n) is 4.27. The van der Waals surface area contributed by atoms with Crippen LogP contribution in [0.5, 0.6) is 5.75 Å². The Kier molecular flexibility index (Phi) is 9.83. The van der Waals surface area contributed by atoms with Crippen molar-refractivity contribution in [3.8, 4) is 5.75 Å². The number of hydrogen-bond acceptors (Lipinski definition) is 7. The SMILES string of the molecule is CNC(=O)[C@H](Cc1ccccc1)N(Cc1ccccc1C)C(=O)CN(c1cc([N+](=O)[O-])ccc1OC)S(C)(=O)=O. The van der Waals surface area contributed by atoms with Crippen molar-refractivity contribution in [2.45, 2.75) is 25.9 Å². The first-order chi connectivity index (χ1) is 19.0. The minimum Gasteiger partial charge on any atom is -0.495 e. The summed E-state index contributed by atoms with van der Waals surface area (Å²) in [5.41, 5.74) is 1.93. The summed E-state index contributed by atoms with van der Waals surface area (Å²) in [7, 11) is -1.37. The van der Waals surface area contributed by atoms with Gasteiger partial charge in [0.1, 0.15) is 24.0 Å². The van der Waals surface area contributed by atoms with E-state index in [1.54, 1.807) is 0 Å². The van der Waals surface area contributed by atoms with Gasteiger partial charge in [0, 0.05) is 32.1 Å². The number of hydrogen-bond donors (Lipinski definition) is 1. The molecular weight excluding hydrogens is 536 g/mol. The van der Waals surface area contributed by atoms with Gasteiger partial charge in [0.05, 0.1) is 18.3 Å². The van der Waals surface area contributed by atoms with Gasteiger partial charge in [0.15, 0.2) is 0 Å². The van der Waals surface area contributed by atoms with Gasteiger partial charge in [-0.3, -0.25) is 24.0 Å². The maximum absolute atomic E-state index is 14.0. The third kappa shape index (κ3) is 7.35. The number of non-ortho nitro benzene ring substituents is 1. The maximum atomic E-state index is 14.0. The molecule has 0 aromatic heterocycles. The van der Waals surface area contributed by atoms with E-state index in [0.29, 0.717) is 0 Å². The van der Waals surface area contributed by atoms with Gasteiger partial charge in [0.2, 0.25) is 21.8 Å². The number of nitro groups is 1. The maximum Gasteiger partial charge on any atom is 0.271 e. The van der Waals surface area contributed by atoms with E-state index in [1.165, 1.54) is 31.2 Å². The highest BCUT2D eigenvalue weighted by molar-refractivity contribution is 7.92. The number of carbonyl (C=O) groups excluding carboxylic acids is 2. The lowest BCUT2D eigenvalue weighted by molar-refractivity contribution is -0.384. The smallest absolute Gasteiger partial charge is 0.271 e. The van der Waals surface area contributed by atoms with Crippen molar-refractivity contribution < 1.29 is 27.7 Å². The molecule has 0 saturated carbocycles. The van der Waals surface area contributed by atoms with E-state index >= 15 is 0 Å². The molecule has 12 heteroatoms. The number of methoxy groups -OCH3 is 1. The summed E-state index contributed by atoms with van der Waals surface area (Å²) in [5.74, 6) is -1.07. The lowest BCUT2D eigenvalue weighted by atomic mass is 10.0. The van der Waals surface area contributed by atoms with Crippen molar-refractivity contribution in [1.29, 1.82) is 0 Å². The molecule has 0 radical (unpaired) electrons. The van der Waals surface area contributed by atoms with Crippen molar-refractivity contribution in [2.24, 2.45) is 0 Å². The fraction of sp³-hybridized carbons (Fsp3) is 0.286. The molecule has 2 amide bonds. The molecule has 0 fully saturated rings. The summed E-state index contributed by atoms with van der Waals surface area (Å²) in [6, 6.07) is 19.0. The average molecular weight is 569 g/mol. The van der Waals surface area contributed by atoms with Gasteiger partial charge in [-0.05, 0) is 29.7 Å². The zero-order valence-corrected chi connectivity index (χ0v) is 23.6. The van der Waals surface area contributed by atoms with Crippen molar-refractivity contribution in [2.75, 3.05) is 31.3 Å². The van der Waals surface area contributed by atoms with Crippen molar-refractivity contribution >= 4 is 33.2 Å². The predicted molar refractivity (Wildman–Crippen MR) is 152 cm³/mol.